The average molecular weight is 385 g/mol. The van der Waals surface area contributed by atoms with Crippen LogP contribution < -0.4 is 10.4 Å². The second kappa shape index (κ2) is 9.19. The highest BCUT2D eigenvalue weighted by Gasteiger charge is 2.37. The van der Waals surface area contributed by atoms with Crippen LogP contribution in [0.5, 0.6) is 0 Å². The molecule has 27 heavy (non-hydrogen) atoms. The van der Waals surface area contributed by atoms with Crippen molar-refractivity contribution in [1.82, 2.24) is 5.09 Å². The first-order valence-corrected chi connectivity index (χ1v) is 11.7. The number of rotatable bonds is 7. The lowest BCUT2D eigenvalue weighted by atomic mass is 9.75. The molecule has 1 saturated carbocycles. The number of hydrogen-bond acceptors (Lipinski definition) is 2. The number of hydrogen-bond donors (Lipinski definition) is 1. The third-order valence-electron chi connectivity index (χ3n) is 5.68. The molecule has 2 aromatic rings. The van der Waals surface area contributed by atoms with Crippen molar-refractivity contribution in [2.75, 3.05) is 0 Å². The largest absolute Gasteiger partial charge is 0.311 e. The number of nitrogens with one attached hydrogen (secondary N) is 1. The van der Waals surface area contributed by atoms with Gasteiger partial charge in [0.15, 0.2) is 0 Å². The summed E-state index contributed by atoms with van der Waals surface area (Å²) < 4.78 is 20.5. The molecular weight excluding hydrogens is 353 g/mol. The molecule has 2 aromatic carbocycles. The molecule has 1 aliphatic carbocycles. The van der Waals surface area contributed by atoms with Gasteiger partial charge in [-0.2, -0.15) is 0 Å². The Morgan fingerprint density at radius 1 is 1.04 bits per heavy atom. The van der Waals surface area contributed by atoms with Crippen molar-refractivity contribution in [3.8, 4) is 0 Å². The van der Waals surface area contributed by atoms with Gasteiger partial charge in [-0.1, -0.05) is 75.7 Å². The summed E-state index contributed by atoms with van der Waals surface area (Å²) in [5.74, 6) is 1.60. The van der Waals surface area contributed by atoms with Crippen LogP contribution in [0.3, 0.4) is 0 Å². The molecule has 0 heterocycles. The van der Waals surface area contributed by atoms with Crippen LogP contribution in [0.2, 0.25) is 0 Å². The van der Waals surface area contributed by atoms with Crippen LogP contribution in [0, 0.1) is 17.8 Å². The summed E-state index contributed by atoms with van der Waals surface area (Å²) >= 11 is 0. The van der Waals surface area contributed by atoms with Crippen molar-refractivity contribution in [2.45, 2.75) is 52.7 Å². The van der Waals surface area contributed by atoms with E-state index in [1.165, 1.54) is 6.42 Å². The maximum absolute atomic E-state index is 14.0. The van der Waals surface area contributed by atoms with Gasteiger partial charge in [0.05, 0.1) is 11.4 Å². The summed E-state index contributed by atoms with van der Waals surface area (Å²) in [5, 5.41) is 4.04. The summed E-state index contributed by atoms with van der Waals surface area (Å²) in [6, 6.07) is 19.7. The van der Waals surface area contributed by atoms with E-state index in [2.05, 4.69) is 25.9 Å². The average Bonchev–Trinajstić information content (AvgIpc) is 2.68. The lowest BCUT2D eigenvalue weighted by Crippen LogP contribution is -2.36. The Morgan fingerprint density at radius 2 is 1.67 bits per heavy atom. The van der Waals surface area contributed by atoms with Crippen molar-refractivity contribution < 1.29 is 9.09 Å². The van der Waals surface area contributed by atoms with E-state index in [1.807, 2.05) is 60.7 Å². The summed E-state index contributed by atoms with van der Waals surface area (Å²) in [6.45, 7) is 7.31. The monoisotopic (exact) mass is 385 g/mol. The van der Waals surface area contributed by atoms with E-state index in [1.54, 1.807) is 0 Å². The summed E-state index contributed by atoms with van der Waals surface area (Å²) in [5.41, 5.74) is 1.11. The Morgan fingerprint density at radius 3 is 2.30 bits per heavy atom. The van der Waals surface area contributed by atoms with E-state index in [9.17, 15) is 4.57 Å². The van der Waals surface area contributed by atoms with Gasteiger partial charge >= 0.3 is 0 Å². The van der Waals surface area contributed by atoms with E-state index >= 15 is 0 Å². The fourth-order valence-electron chi connectivity index (χ4n) is 4.03. The molecule has 0 radical (unpaired) electrons. The topological polar surface area (TPSA) is 38.3 Å². The summed E-state index contributed by atoms with van der Waals surface area (Å²) in [4.78, 5) is 0. The van der Waals surface area contributed by atoms with Gasteiger partial charge in [-0.3, -0.25) is 4.57 Å². The van der Waals surface area contributed by atoms with Gasteiger partial charge < -0.3 is 4.52 Å². The maximum Gasteiger partial charge on any atom is 0.300 e. The van der Waals surface area contributed by atoms with Crippen LogP contribution in [0.1, 0.15) is 45.6 Å². The predicted molar refractivity (Wildman–Crippen MR) is 113 cm³/mol. The molecule has 0 saturated heterocycles. The van der Waals surface area contributed by atoms with Crippen LogP contribution in [0.15, 0.2) is 60.7 Å². The molecule has 1 fully saturated rings. The van der Waals surface area contributed by atoms with Crippen molar-refractivity contribution in [3.63, 3.8) is 0 Å². The molecule has 0 aromatic heterocycles. The molecule has 0 unspecified atom stereocenters. The van der Waals surface area contributed by atoms with E-state index in [0.29, 0.717) is 24.3 Å². The third-order valence-corrected chi connectivity index (χ3v) is 7.80. The smallest absolute Gasteiger partial charge is 0.300 e. The van der Waals surface area contributed by atoms with Crippen LogP contribution >= 0.6 is 7.52 Å². The lowest BCUT2D eigenvalue weighted by Gasteiger charge is -2.39. The van der Waals surface area contributed by atoms with Gasteiger partial charge in [-0.25, -0.2) is 5.09 Å². The SMILES string of the molecule is CC(C)[C@@H]1CC[C@H](C)C[C@@H]1O[P@@](=O)(NCc1ccccc1)c1ccccc1. The molecular formula is C23H32NO2P. The molecule has 4 heteroatoms. The highest BCUT2D eigenvalue weighted by Crippen LogP contribution is 2.48. The minimum atomic E-state index is -3.16. The Kier molecular flexibility index (Phi) is 6.92. The zero-order valence-electron chi connectivity index (χ0n) is 16.7. The van der Waals surface area contributed by atoms with Gasteiger partial charge in [0.1, 0.15) is 0 Å². The van der Waals surface area contributed by atoms with Gasteiger partial charge in [0, 0.05) is 6.54 Å². The zero-order chi connectivity index (χ0) is 19.3. The Hall–Kier alpha value is -1.41. The van der Waals surface area contributed by atoms with Crippen LogP contribution in [-0.4, -0.2) is 6.10 Å². The molecule has 0 aliphatic heterocycles. The van der Waals surface area contributed by atoms with E-state index in [-0.39, 0.29) is 6.10 Å². The Labute approximate surface area is 164 Å². The van der Waals surface area contributed by atoms with Crippen molar-refractivity contribution in [3.05, 3.63) is 66.2 Å². The van der Waals surface area contributed by atoms with Crippen molar-refractivity contribution in [1.29, 1.82) is 0 Å². The molecule has 146 valence electrons. The van der Waals surface area contributed by atoms with Crippen molar-refractivity contribution in [2.24, 2.45) is 17.8 Å². The zero-order valence-corrected chi connectivity index (χ0v) is 17.6. The highest BCUT2D eigenvalue weighted by atomic mass is 31.2. The van der Waals surface area contributed by atoms with E-state index in [0.717, 1.165) is 23.7 Å². The van der Waals surface area contributed by atoms with Crippen molar-refractivity contribution >= 4 is 12.8 Å². The fourth-order valence-corrected chi connectivity index (χ4v) is 5.99. The quantitative estimate of drug-likeness (QED) is 0.615. The van der Waals surface area contributed by atoms with Gasteiger partial charge in [-0.05, 0) is 48.3 Å². The third kappa shape index (κ3) is 5.31. The predicted octanol–water partition coefficient (Wildman–Crippen LogP) is 5.77. The molecule has 3 rings (SSSR count). The Balaban J connectivity index is 1.84. The van der Waals surface area contributed by atoms with E-state index < -0.39 is 7.52 Å². The summed E-state index contributed by atoms with van der Waals surface area (Å²) in [7, 11) is -3.16. The van der Waals surface area contributed by atoms with E-state index in [4.69, 9.17) is 4.52 Å². The minimum absolute atomic E-state index is 0.0306. The lowest BCUT2D eigenvalue weighted by molar-refractivity contribution is 0.0483. The van der Waals surface area contributed by atoms with Crippen LogP contribution in [-0.2, 0) is 15.6 Å². The first kappa shape index (κ1) is 20.3. The number of benzene rings is 2. The maximum atomic E-state index is 14.0. The standard InChI is InChI=1S/C23H32NO2P/c1-18(2)22-15-14-19(3)16-23(22)26-27(25,21-12-8-5-9-13-21)24-17-20-10-6-4-7-11-20/h4-13,18-19,22-23H,14-17H2,1-3H3,(H,24,25)/t19-,22-,23-,27+/m0/s1. The molecule has 0 amide bonds. The Bertz CT molecular complexity index is 747. The first-order chi connectivity index (χ1) is 13.0. The second-order valence-electron chi connectivity index (χ2n) is 8.18. The first-order valence-electron chi connectivity index (χ1n) is 10.1. The molecule has 1 aliphatic rings. The normalized spacial score (nSPS) is 25.3. The van der Waals surface area contributed by atoms with Gasteiger partial charge in [-0.15, -0.1) is 0 Å². The van der Waals surface area contributed by atoms with Gasteiger partial charge in [0.25, 0.3) is 7.52 Å². The highest BCUT2D eigenvalue weighted by molar-refractivity contribution is 7.65. The molecule has 0 bridgehead atoms. The minimum Gasteiger partial charge on any atom is -0.311 e. The molecule has 3 nitrogen and oxygen atoms in total. The summed E-state index contributed by atoms with van der Waals surface area (Å²) in [6.07, 6.45) is 3.39. The molecule has 4 atom stereocenters. The molecule has 1 N–H and O–H groups in total. The molecule has 0 spiro atoms. The van der Waals surface area contributed by atoms with Gasteiger partial charge in [0.2, 0.25) is 0 Å². The fraction of sp³-hybridized carbons (Fsp3) is 0.478. The second-order valence-corrected chi connectivity index (χ2v) is 10.3. The van der Waals surface area contributed by atoms with Crippen LogP contribution in [0.25, 0.3) is 0 Å². The van der Waals surface area contributed by atoms with Crippen LogP contribution in [0.4, 0.5) is 0 Å².